The summed E-state index contributed by atoms with van der Waals surface area (Å²) in [5, 5.41) is 0. The van der Waals surface area contributed by atoms with Crippen molar-refractivity contribution in [3.8, 4) is 0 Å². The van der Waals surface area contributed by atoms with E-state index in [4.69, 9.17) is 0 Å². The van der Waals surface area contributed by atoms with Crippen LogP contribution in [0.3, 0.4) is 0 Å². The summed E-state index contributed by atoms with van der Waals surface area (Å²) in [6.07, 6.45) is 8.97. The molecule has 0 radical (unpaired) electrons. The minimum absolute atomic E-state index is 0.472. The van der Waals surface area contributed by atoms with Crippen LogP contribution in [0.5, 0.6) is 0 Å². The van der Waals surface area contributed by atoms with Gasteiger partial charge in [-0.1, -0.05) is 0 Å². The van der Waals surface area contributed by atoms with E-state index >= 15 is 0 Å². The number of rotatable bonds is 1. The Morgan fingerprint density at radius 1 is 1.22 bits per heavy atom. The van der Waals surface area contributed by atoms with E-state index in [-0.39, 0.29) is 0 Å². The maximum absolute atomic E-state index is 2.32. The molecule has 0 saturated heterocycles. The van der Waals surface area contributed by atoms with Crippen LogP contribution in [-0.4, -0.2) is 27.9 Å². The third-order valence-electron chi connectivity index (χ3n) is 2.27. The average Bonchev–Trinajstić information content (AvgIpc) is 2.16. The minimum atomic E-state index is 0.472. The van der Waals surface area contributed by atoms with E-state index in [0.717, 1.165) is 5.92 Å². The Hall–Kier alpha value is 0.480. The molecule has 0 aromatic carbocycles. The summed E-state index contributed by atoms with van der Waals surface area (Å²) in [4.78, 5) is 0. The standard InChI is InChI=1S/C8H11.Na/c1-7(2)8-5-3-4-6-8;/h3-7H,1-2H3;. The molecule has 0 heterocycles. The van der Waals surface area contributed by atoms with Crippen LogP contribution in [0.15, 0.2) is 24.3 Å². The molecule has 44 valence electrons. The molecule has 1 aliphatic carbocycles. The van der Waals surface area contributed by atoms with E-state index in [0.29, 0.717) is 2.66 Å². The summed E-state index contributed by atoms with van der Waals surface area (Å²) in [5.74, 6) is 0.777. The molecule has 0 amide bonds. The SMILES string of the molecule is CC(C)[C]1([Na])C=CC=C1. The van der Waals surface area contributed by atoms with Gasteiger partial charge in [0.25, 0.3) is 0 Å². The van der Waals surface area contributed by atoms with Crippen molar-refractivity contribution >= 4 is 27.9 Å². The Morgan fingerprint density at radius 2 is 1.67 bits per heavy atom. The molecule has 0 unspecified atom stereocenters. The zero-order chi connectivity index (χ0) is 6.91. The molecule has 9 heavy (non-hydrogen) atoms. The van der Waals surface area contributed by atoms with Gasteiger partial charge in [-0.05, 0) is 0 Å². The van der Waals surface area contributed by atoms with Crippen molar-refractivity contribution in [2.24, 2.45) is 5.92 Å². The van der Waals surface area contributed by atoms with Gasteiger partial charge < -0.3 is 0 Å². The van der Waals surface area contributed by atoms with Crippen molar-refractivity contribution in [2.75, 3.05) is 0 Å². The first-order valence-electron chi connectivity index (χ1n) is 3.52. The Morgan fingerprint density at radius 3 is 1.89 bits per heavy atom. The molecule has 0 bridgehead atoms. The third-order valence-corrected chi connectivity index (χ3v) is 4.09. The Bertz CT molecular complexity index is 142. The van der Waals surface area contributed by atoms with Gasteiger partial charge in [-0.15, -0.1) is 0 Å². The van der Waals surface area contributed by atoms with Gasteiger partial charge in [-0.25, -0.2) is 0 Å². The molecule has 0 nitrogen and oxygen atoms in total. The second-order valence-corrected chi connectivity index (χ2v) is 4.97. The first-order chi connectivity index (χ1) is 4.15. The molecule has 0 aromatic heterocycles. The first kappa shape index (κ1) is 7.59. The van der Waals surface area contributed by atoms with Crippen LogP contribution in [0, 0.1) is 5.92 Å². The van der Waals surface area contributed by atoms with E-state index in [9.17, 15) is 0 Å². The zero-order valence-electron chi connectivity index (χ0n) is 6.39. The van der Waals surface area contributed by atoms with Crippen molar-refractivity contribution < 1.29 is 0 Å². The molecule has 0 atom stereocenters. The fraction of sp³-hybridized carbons (Fsp3) is 0.500. The van der Waals surface area contributed by atoms with Gasteiger partial charge in [0, 0.05) is 0 Å². The molecular formula is C8H11Na. The van der Waals surface area contributed by atoms with Crippen molar-refractivity contribution in [1.29, 1.82) is 0 Å². The van der Waals surface area contributed by atoms with Gasteiger partial charge in [0.2, 0.25) is 0 Å². The molecule has 1 rings (SSSR count). The van der Waals surface area contributed by atoms with Crippen molar-refractivity contribution in [1.82, 2.24) is 0 Å². The summed E-state index contributed by atoms with van der Waals surface area (Å²) >= 11 is 1.24. The quantitative estimate of drug-likeness (QED) is 0.477. The summed E-state index contributed by atoms with van der Waals surface area (Å²) < 4.78 is 0.472. The van der Waals surface area contributed by atoms with E-state index in [1.54, 1.807) is 0 Å². The van der Waals surface area contributed by atoms with Gasteiger partial charge in [0.15, 0.2) is 0 Å². The van der Waals surface area contributed by atoms with Crippen LogP contribution in [-0.2, 0) is 0 Å². The average molecular weight is 130 g/mol. The van der Waals surface area contributed by atoms with Crippen LogP contribution >= 0.6 is 0 Å². The Kier molecular flexibility index (Phi) is 2.20. The van der Waals surface area contributed by atoms with Gasteiger partial charge in [0.1, 0.15) is 0 Å². The van der Waals surface area contributed by atoms with Gasteiger partial charge in [-0.2, -0.15) is 0 Å². The molecular weight excluding hydrogens is 119 g/mol. The monoisotopic (exact) mass is 130 g/mol. The molecule has 0 saturated carbocycles. The zero-order valence-corrected chi connectivity index (χ0v) is 8.39. The summed E-state index contributed by atoms with van der Waals surface area (Å²) in [5.41, 5.74) is 0. The summed E-state index contributed by atoms with van der Waals surface area (Å²) in [7, 11) is 0. The van der Waals surface area contributed by atoms with Crippen LogP contribution in [0.1, 0.15) is 13.8 Å². The van der Waals surface area contributed by atoms with E-state index < -0.39 is 0 Å². The second-order valence-electron chi connectivity index (χ2n) is 3.24. The molecule has 1 heteroatoms. The molecule has 0 aromatic rings. The normalized spacial score (nSPS) is 21.9. The molecule has 1 aliphatic rings. The fourth-order valence-electron chi connectivity index (χ4n) is 0.966. The number of allylic oxidation sites excluding steroid dienone is 4. The fourth-order valence-corrected chi connectivity index (χ4v) is 1.35. The predicted octanol–water partition coefficient (Wildman–Crippen LogP) is 2.10. The topological polar surface area (TPSA) is 0 Å². The van der Waals surface area contributed by atoms with E-state index in [2.05, 4.69) is 38.2 Å². The summed E-state index contributed by atoms with van der Waals surface area (Å²) in [6, 6.07) is 0. The predicted molar refractivity (Wildman–Crippen MR) is 41.6 cm³/mol. The number of hydrogen-bond donors (Lipinski definition) is 0. The molecule has 0 spiro atoms. The van der Waals surface area contributed by atoms with Gasteiger partial charge in [0.05, 0.1) is 0 Å². The van der Waals surface area contributed by atoms with Gasteiger partial charge >= 0.3 is 74.7 Å². The van der Waals surface area contributed by atoms with Crippen LogP contribution < -0.4 is 0 Å². The van der Waals surface area contributed by atoms with Crippen LogP contribution in [0.25, 0.3) is 0 Å². The van der Waals surface area contributed by atoms with E-state index in [1.807, 2.05) is 0 Å². The van der Waals surface area contributed by atoms with Crippen molar-refractivity contribution in [3.63, 3.8) is 0 Å². The third kappa shape index (κ3) is 1.49. The van der Waals surface area contributed by atoms with Crippen LogP contribution in [0.4, 0.5) is 0 Å². The van der Waals surface area contributed by atoms with E-state index in [1.165, 1.54) is 27.9 Å². The molecule has 0 aliphatic heterocycles. The molecule has 0 N–H and O–H groups in total. The Labute approximate surface area is 74.4 Å². The second kappa shape index (κ2) is 2.61. The Balaban J connectivity index is 2.75. The van der Waals surface area contributed by atoms with Gasteiger partial charge in [-0.3, -0.25) is 0 Å². The first-order valence-corrected chi connectivity index (χ1v) is 4.52. The van der Waals surface area contributed by atoms with Crippen LogP contribution in [0.2, 0.25) is 2.66 Å². The maximum atomic E-state index is 2.32. The summed E-state index contributed by atoms with van der Waals surface area (Å²) in [6.45, 7) is 4.57. The van der Waals surface area contributed by atoms with Crippen molar-refractivity contribution in [2.45, 2.75) is 16.5 Å². The van der Waals surface area contributed by atoms with Crippen molar-refractivity contribution in [3.05, 3.63) is 24.3 Å². The molecule has 0 fully saturated rings. The number of hydrogen-bond acceptors (Lipinski definition) is 0.